The quantitative estimate of drug-likeness (QED) is 0.669. The van der Waals surface area contributed by atoms with Crippen molar-refractivity contribution in [2.45, 2.75) is 26.3 Å². The minimum atomic E-state index is -3.44. The minimum absolute atomic E-state index is 0.0392. The first-order valence-corrected chi connectivity index (χ1v) is 12.5. The van der Waals surface area contributed by atoms with Crippen LogP contribution in [0.25, 0.3) is 5.70 Å². The molecule has 0 saturated heterocycles. The number of ether oxygens (including phenoxy) is 1. The first kappa shape index (κ1) is 23.0. The van der Waals surface area contributed by atoms with E-state index in [1.807, 2.05) is 31.2 Å². The van der Waals surface area contributed by atoms with E-state index in [2.05, 4.69) is 0 Å². The molecule has 0 fully saturated rings. The van der Waals surface area contributed by atoms with Crippen molar-refractivity contribution in [3.05, 3.63) is 70.5 Å². The number of methoxy groups -OCH3 is 1. The molecule has 174 valence electrons. The van der Waals surface area contributed by atoms with Gasteiger partial charge in [0.25, 0.3) is 0 Å². The van der Waals surface area contributed by atoms with Gasteiger partial charge in [-0.3, -0.25) is 19.8 Å². The van der Waals surface area contributed by atoms with Crippen LogP contribution in [0.1, 0.15) is 37.0 Å². The van der Waals surface area contributed by atoms with Gasteiger partial charge in [0.05, 0.1) is 31.0 Å². The van der Waals surface area contributed by atoms with Crippen molar-refractivity contribution in [3.63, 3.8) is 0 Å². The molecule has 1 atom stereocenters. The van der Waals surface area contributed by atoms with Crippen LogP contribution in [0.2, 0.25) is 0 Å². The van der Waals surface area contributed by atoms with Crippen molar-refractivity contribution < 1.29 is 22.3 Å². The monoisotopic (exact) mass is 471 g/mol. The zero-order chi connectivity index (χ0) is 23.9. The lowest BCUT2D eigenvalue weighted by Crippen LogP contribution is -2.49. The molecule has 2 aromatic carbocycles. The molecule has 0 saturated carbocycles. The molecule has 2 aliphatic rings. The Balaban J connectivity index is 1.95. The van der Waals surface area contributed by atoms with Crippen molar-refractivity contribution in [3.8, 4) is 5.75 Å². The molecule has 0 aliphatic carbocycles. The summed E-state index contributed by atoms with van der Waals surface area (Å²) < 4.78 is 44.4. The molecule has 9 heteroatoms. The van der Waals surface area contributed by atoms with Gasteiger partial charge in [0.15, 0.2) is 21.4 Å². The standard InChI is InChI=1S/C24H26FN3O4S/c1-5-33(30,31)14-28-24-18-9-7-6-8-17(18)23(16-10-11-20(25)21(12-16)32-4)26-15(2)19(24)13-22(29)27(28)3/h6-12,15H,5,13-14H2,1-4H3. The molecular weight excluding hydrogens is 445 g/mol. The summed E-state index contributed by atoms with van der Waals surface area (Å²) in [4.78, 5) is 17.7. The summed E-state index contributed by atoms with van der Waals surface area (Å²) >= 11 is 0. The molecule has 0 N–H and O–H groups in total. The minimum Gasteiger partial charge on any atom is -0.494 e. The Morgan fingerprint density at radius 3 is 2.55 bits per heavy atom. The van der Waals surface area contributed by atoms with E-state index >= 15 is 0 Å². The number of halogens is 1. The van der Waals surface area contributed by atoms with Crippen molar-refractivity contribution in [2.75, 3.05) is 25.8 Å². The molecule has 33 heavy (non-hydrogen) atoms. The van der Waals surface area contributed by atoms with Gasteiger partial charge in [-0.25, -0.2) is 12.8 Å². The van der Waals surface area contributed by atoms with E-state index in [0.717, 1.165) is 16.7 Å². The van der Waals surface area contributed by atoms with E-state index in [1.54, 1.807) is 31.1 Å². The van der Waals surface area contributed by atoms with E-state index in [0.29, 0.717) is 17.0 Å². The van der Waals surface area contributed by atoms with Crippen molar-refractivity contribution in [1.82, 2.24) is 10.0 Å². The van der Waals surface area contributed by atoms with E-state index in [-0.39, 0.29) is 29.7 Å². The second kappa shape index (κ2) is 8.62. The van der Waals surface area contributed by atoms with Gasteiger partial charge in [-0.2, -0.15) is 0 Å². The third-order valence-corrected chi connectivity index (χ3v) is 7.59. The molecular formula is C24H26FN3O4S. The van der Waals surface area contributed by atoms with Gasteiger partial charge in [-0.1, -0.05) is 31.2 Å². The molecule has 1 unspecified atom stereocenters. The molecule has 4 rings (SSSR count). The average Bonchev–Trinajstić information content (AvgIpc) is 2.92. The number of hydrogen-bond donors (Lipinski definition) is 0. The zero-order valence-electron chi connectivity index (χ0n) is 19.0. The Bertz CT molecular complexity index is 1290. The summed E-state index contributed by atoms with van der Waals surface area (Å²) in [6.07, 6.45) is 0.132. The van der Waals surface area contributed by atoms with Gasteiger partial charge in [-0.05, 0) is 30.7 Å². The van der Waals surface area contributed by atoms with E-state index < -0.39 is 21.7 Å². The Hall–Kier alpha value is -3.20. The summed E-state index contributed by atoms with van der Waals surface area (Å²) in [5.74, 6) is -0.926. The highest BCUT2D eigenvalue weighted by Crippen LogP contribution is 2.39. The van der Waals surface area contributed by atoms with Crippen LogP contribution in [0, 0.1) is 5.82 Å². The number of fused-ring (bicyclic) bond motifs is 2. The summed E-state index contributed by atoms with van der Waals surface area (Å²) in [7, 11) is -0.446. The number of carbonyl (C=O) groups excluding carboxylic acids is 1. The predicted octanol–water partition coefficient (Wildman–Crippen LogP) is 3.26. The molecule has 0 aromatic heterocycles. The maximum atomic E-state index is 14.1. The van der Waals surface area contributed by atoms with Crippen molar-refractivity contribution >= 4 is 27.2 Å². The first-order valence-electron chi connectivity index (χ1n) is 10.7. The second-order valence-electron chi connectivity index (χ2n) is 8.08. The van der Waals surface area contributed by atoms with Gasteiger partial charge < -0.3 is 4.74 Å². The zero-order valence-corrected chi connectivity index (χ0v) is 19.8. The maximum Gasteiger partial charge on any atom is 0.245 e. The third-order valence-electron chi connectivity index (χ3n) is 6.07. The van der Waals surface area contributed by atoms with Crippen LogP contribution in [0.15, 0.2) is 53.0 Å². The number of hydrogen-bond acceptors (Lipinski definition) is 6. The third kappa shape index (κ3) is 4.13. The van der Waals surface area contributed by atoms with Crippen molar-refractivity contribution in [2.24, 2.45) is 4.99 Å². The first-order chi connectivity index (χ1) is 15.7. The van der Waals surface area contributed by atoms with Gasteiger partial charge >= 0.3 is 0 Å². The Labute approximate surface area is 193 Å². The molecule has 2 aliphatic heterocycles. The number of aliphatic imine (C=N–C) groups is 1. The number of amides is 1. The molecule has 0 radical (unpaired) electrons. The number of rotatable bonds is 5. The van der Waals surface area contributed by atoms with Gasteiger partial charge in [0.1, 0.15) is 5.88 Å². The molecule has 1 amide bonds. The smallest absolute Gasteiger partial charge is 0.245 e. The summed E-state index contributed by atoms with van der Waals surface area (Å²) in [6, 6.07) is 11.7. The fourth-order valence-electron chi connectivity index (χ4n) is 4.17. The fourth-order valence-corrected chi connectivity index (χ4v) is 5.03. The highest BCUT2D eigenvalue weighted by atomic mass is 32.2. The number of nitrogens with zero attached hydrogens (tertiary/aromatic N) is 3. The van der Waals surface area contributed by atoms with Gasteiger partial charge in [0.2, 0.25) is 5.91 Å². The number of carbonyl (C=O) groups is 1. The number of sulfone groups is 1. The Kier molecular flexibility index (Phi) is 6.00. The lowest BCUT2D eigenvalue weighted by atomic mass is 9.92. The van der Waals surface area contributed by atoms with E-state index in [9.17, 15) is 17.6 Å². The van der Waals surface area contributed by atoms with E-state index in [4.69, 9.17) is 9.73 Å². The predicted molar refractivity (Wildman–Crippen MR) is 125 cm³/mol. The summed E-state index contributed by atoms with van der Waals surface area (Å²) in [5, 5.41) is 2.92. The van der Waals surface area contributed by atoms with Crippen molar-refractivity contribution in [1.29, 1.82) is 0 Å². The topological polar surface area (TPSA) is 79.3 Å². The normalized spacial score (nSPS) is 18.5. The molecule has 2 aromatic rings. The number of hydrazine groups is 1. The van der Waals surface area contributed by atoms with Crippen LogP contribution in [-0.4, -0.2) is 61.9 Å². The summed E-state index contributed by atoms with van der Waals surface area (Å²) in [6.45, 7) is 3.47. The fraction of sp³-hybridized carbons (Fsp3) is 0.333. The van der Waals surface area contributed by atoms with Crippen LogP contribution in [0.5, 0.6) is 5.75 Å². The Morgan fingerprint density at radius 1 is 1.18 bits per heavy atom. The van der Waals surface area contributed by atoms with Crippen LogP contribution in [-0.2, 0) is 14.6 Å². The highest BCUT2D eigenvalue weighted by molar-refractivity contribution is 7.91. The lowest BCUT2D eigenvalue weighted by Gasteiger charge is -2.41. The largest absolute Gasteiger partial charge is 0.494 e. The molecule has 7 nitrogen and oxygen atoms in total. The van der Waals surface area contributed by atoms with E-state index in [1.165, 1.54) is 18.2 Å². The molecule has 0 bridgehead atoms. The van der Waals surface area contributed by atoms with Gasteiger partial charge in [0, 0.05) is 29.5 Å². The van der Waals surface area contributed by atoms with Crippen LogP contribution >= 0.6 is 0 Å². The number of benzene rings is 2. The van der Waals surface area contributed by atoms with Crippen LogP contribution in [0.3, 0.4) is 0 Å². The van der Waals surface area contributed by atoms with Crippen LogP contribution in [0.4, 0.5) is 4.39 Å². The maximum absolute atomic E-state index is 14.1. The summed E-state index contributed by atoms with van der Waals surface area (Å²) in [5.41, 5.74) is 4.25. The van der Waals surface area contributed by atoms with Crippen LogP contribution < -0.4 is 4.74 Å². The molecule has 2 heterocycles. The second-order valence-corrected chi connectivity index (χ2v) is 10.4. The van der Waals surface area contributed by atoms with Gasteiger partial charge in [-0.15, -0.1) is 0 Å². The Morgan fingerprint density at radius 2 is 1.88 bits per heavy atom. The lowest BCUT2D eigenvalue weighted by molar-refractivity contribution is -0.140. The SMILES string of the molecule is CCS(=O)(=O)CN1C2=C(CC(=O)N1C)C(C)N=C(c1ccc(F)c(OC)c1)c1ccccc12. The average molecular weight is 472 g/mol. The molecule has 0 spiro atoms. The highest BCUT2D eigenvalue weighted by Gasteiger charge is 2.37.